The SMILES string of the molecule is C[C@@H](Nc1nc(-c2ccc(O)cc2)nc2[nH]ccc12)c1ccccc1. The van der Waals surface area contributed by atoms with Gasteiger partial charge in [-0.05, 0) is 42.8 Å². The summed E-state index contributed by atoms with van der Waals surface area (Å²) in [6, 6.07) is 19.2. The van der Waals surface area contributed by atoms with Gasteiger partial charge in [-0.25, -0.2) is 9.97 Å². The highest BCUT2D eigenvalue weighted by Gasteiger charge is 2.13. The molecule has 2 heterocycles. The lowest BCUT2D eigenvalue weighted by molar-refractivity contribution is 0.475. The van der Waals surface area contributed by atoms with Crippen molar-refractivity contribution < 1.29 is 5.11 Å². The fourth-order valence-electron chi connectivity index (χ4n) is 2.82. The lowest BCUT2D eigenvalue weighted by Crippen LogP contribution is -2.09. The third kappa shape index (κ3) is 3.04. The lowest BCUT2D eigenvalue weighted by atomic mass is 10.1. The van der Waals surface area contributed by atoms with Crippen LogP contribution in [0.3, 0.4) is 0 Å². The van der Waals surface area contributed by atoms with Crippen LogP contribution >= 0.6 is 0 Å². The summed E-state index contributed by atoms with van der Waals surface area (Å²) >= 11 is 0. The van der Waals surface area contributed by atoms with Crippen LogP contribution in [0.5, 0.6) is 5.75 Å². The molecule has 25 heavy (non-hydrogen) atoms. The Kier molecular flexibility index (Phi) is 3.82. The number of phenols is 1. The van der Waals surface area contributed by atoms with Gasteiger partial charge in [-0.2, -0.15) is 0 Å². The van der Waals surface area contributed by atoms with Crippen LogP contribution in [0.25, 0.3) is 22.4 Å². The van der Waals surface area contributed by atoms with Crippen molar-refractivity contribution >= 4 is 16.9 Å². The number of aromatic amines is 1. The first-order valence-electron chi connectivity index (χ1n) is 8.17. The first-order valence-corrected chi connectivity index (χ1v) is 8.17. The number of anilines is 1. The zero-order chi connectivity index (χ0) is 17.2. The molecular weight excluding hydrogens is 312 g/mol. The summed E-state index contributed by atoms with van der Waals surface area (Å²) in [6.45, 7) is 2.11. The number of nitrogens with zero attached hydrogens (tertiary/aromatic N) is 2. The van der Waals surface area contributed by atoms with E-state index < -0.39 is 0 Å². The summed E-state index contributed by atoms with van der Waals surface area (Å²) in [5.74, 6) is 1.61. The van der Waals surface area contributed by atoms with Gasteiger partial charge in [0, 0.05) is 17.8 Å². The minimum atomic E-state index is 0.113. The fourth-order valence-corrected chi connectivity index (χ4v) is 2.82. The minimum absolute atomic E-state index is 0.113. The maximum atomic E-state index is 9.48. The molecule has 0 radical (unpaired) electrons. The van der Waals surface area contributed by atoms with E-state index >= 15 is 0 Å². The van der Waals surface area contributed by atoms with Crippen LogP contribution < -0.4 is 5.32 Å². The summed E-state index contributed by atoms with van der Waals surface area (Å²) < 4.78 is 0. The minimum Gasteiger partial charge on any atom is -0.508 e. The monoisotopic (exact) mass is 330 g/mol. The fraction of sp³-hybridized carbons (Fsp3) is 0.100. The van der Waals surface area contributed by atoms with E-state index in [1.165, 1.54) is 5.56 Å². The number of hydrogen-bond acceptors (Lipinski definition) is 4. The van der Waals surface area contributed by atoms with E-state index in [0.29, 0.717) is 5.82 Å². The Morgan fingerprint density at radius 2 is 1.72 bits per heavy atom. The number of rotatable bonds is 4. The largest absolute Gasteiger partial charge is 0.508 e. The van der Waals surface area contributed by atoms with E-state index in [-0.39, 0.29) is 11.8 Å². The summed E-state index contributed by atoms with van der Waals surface area (Å²) in [5, 5.41) is 13.9. The highest BCUT2D eigenvalue weighted by molar-refractivity contribution is 5.88. The van der Waals surface area contributed by atoms with Crippen LogP contribution in [0, 0.1) is 0 Å². The smallest absolute Gasteiger partial charge is 0.163 e. The van der Waals surface area contributed by atoms with Crippen molar-refractivity contribution in [2.24, 2.45) is 0 Å². The Hall–Kier alpha value is -3.34. The zero-order valence-electron chi connectivity index (χ0n) is 13.8. The number of fused-ring (bicyclic) bond motifs is 1. The molecule has 0 bridgehead atoms. The van der Waals surface area contributed by atoms with E-state index in [1.807, 2.05) is 42.6 Å². The number of nitrogens with one attached hydrogen (secondary N) is 2. The molecular formula is C20H18N4O. The molecule has 0 unspecified atom stereocenters. The lowest BCUT2D eigenvalue weighted by Gasteiger charge is -2.16. The second kappa shape index (κ2) is 6.28. The van der Waals surface area contributed by atoms with Crippen LogP contribution in [0.4, 0.5) is 5.82 Å². The van der Waals surface area contributed by atoms with E-state index in [0.717, 1.165) is 22.4 Å². The highest BCUT2D eigenvalue weighted by atomic mass is 16.3. The van der Waals surface area contributed by atoms with E-state index in [9.17, 15) is 5.11 Å². The molecule has 5 heteroatoms. The molecule has 0 fully saturated rings. The number of hydrogen-bond donors (Lipinski definition) is 3. The van der Waals surface area contributed by atoms with Gasteiger partial charge in [-0.3, -0.25) is 0 Å². The molecule has 0 aliphatic heterocycles. The standard InChI is InChI=1S/C20H18N4O/c1-13(14-5-3-2-4-6-14)22-20-17-11-12-21-19(17)23-18(24-20)15-7-9-16(25)10-8-15/h2-13,25H,1H3,(H2,21,22,23,24)/t13-/m1/s1. The molecule has 0 saturated heterocycles. The molecule has 2 aromatic carbocycles. The quantitative estimate of drug-likeness (QED) is 0.515. The Labute approximate surface area is 145 Å². The average molecular weight is 330 g/mol. The van der Waals surface area contributed by atoms with Crippen LogP contribution in [0.15, 0.2) is 66.9 Å². The van der Waals surface area contributed by atoms with Crippen molar-refractivity contribution in [2.45, 2.75) is 13.0 Å². The highest BCUT2D eigenvalue weighted by Crippen LogP contribution is 2.28. The van der Waals surface area contributed by atoms with Crippen LogP contribution in [0.1, 0.15) is 18.5 Å². The van der Waals surface area contributed by atoms with Crippen molar-refractivity contribution in [2.75, 3.05) is 5.32 Å². The molecule has 0 aliphatic rings. The number of phenolic OH excluding ortho intramolecular Hbond substituents is 1. The number of H-pyrrole nitrogens is 1. The topological polar surface area (TPSA) is 73.8 Å². The van der Waals surface area contributed by atoms with Gasteiger partial charge >= 0.3 is 0 Å². The molecule has 4 rings (SSSR count). The van der Waals surface area contributed by atoms with E-state index in [1.54, 1.807) is 12.1 Å². The van der Waals surface area contributed by atoms with Gasteiger partial charge < -0.3 is 15.4 Å². The van der Waals surface area contributed by atoms with Crippen LogP contribution in [0.2, 0.25) is 0 Å². The Balaban J connectivity index is 1.75. The van der Waals surface area contributed by atoms with Crippen molar-refractivity contribution in [3.63, 3.8) is 0 Å². The summed E-state index contributed by atoms with van der Waals surface area (Å²) in [4.78, 5) is 12.5. The van der Waals surface area contributed by atoms with Crippen molar-refractivity contribution in [3.05, 3.63) is 72.4 Å². The molecule has 124 valence electrons. The Bertz CT molecular complexity index is 993. The van der Waals surface area contributed by atoms with Crippen molar-refractivity contribution in [1.82, 2.24) is 15.0 Å². The number of benzene rings is 2. The summed E-state index contributed by atoms with van der Waals surface area (Å²) in [6.07, 6.45) is 1.86. The number of aromatic hydroxyl groups is 1. The number of aromatic nitrogens is 3. The molecule has 3 N–H and O–H groups in total. The summed E-state index contributed by atoms with van der Waals surface area (Å²) in [5.41, 5.74) is 2.82. The predicted molar refractivity (Wildman–Crippen MR) is 99.5 cm³/mol. The van der Waals surface area contributed by atoms with Crippen molar-refractivity contribution in [3.8, 4) is 17.1 Å². The first-order chi connectivity index (χ1) is 12.2. The van der Waals surface area contributed by atoms with Gasteiger partial charge in [-0.15, -0.1) is 0 Å². The van der Waals surface area contributed by atoms with Crippen molar-refractivity contribution in [1.29, 1.82) is 0 Å². The van der Waals surface area contributed by atoms with Gasteiger partial charge in [0.15, 0.2) is 5.82 Å². The van der Waals surface area contributed by atoms with Gasteiger partial charge in [-0.1, -0.05) is 30.3 Å². The molecule has 1 atom stereocenters. The molecule has 0 spiro atoms. The average Bonchev–Trinajstić information content (AvgIpc) is 3.12. The van der Waals surface area contributed by atoms with Gasteiger partial charge in [0.05, 0.1) is 5.39 Å². The van der Waals surface area contributed by atoms with E-state index in [4.69, 9.17) is 4.98 Å². The zero-order valence-corrected chi connectivity index (χ0v) is 13.8. The van der Waals surface area contributed by atoms with Gasteiger partial charge in [0.1, 0.15) is 17.2 Å². The molecule has 0 saturated carbocycles. The second-order valence-electron chi connectivity index (χ2n) is 5.96. The summed E-state index contributed by atoms with van der Waals surface area (Å²) in [7, 11) is 0. The molecule has 4 aromatic rings. The molecule has 0 aliphatic carbocycles. The normalized spacial score (nSPS) is 12.2. The molecule has 5 nitrogen and oxygen atoms in total. The van der Waals surface area contributed by atoms with E-state index in [2.05, 4.69) is 34.3 Å². The predicted octanol–water partition coefficient (Wildman–Crippen LogP) is 4.50. The van der Waals surface area contributed by atoms with Crippen LogP contribution in [-0.2, 0) is 0 Å². The third-order valence-electron chi connectivity index (χ3n) is 4.19. The second-order valence-corrected chi connectivity index (χ2v) is 5.96. The molecule has 0 amide bonds. The Morgan fingerprint density at radius 1 is 0.960 bits per heavy atom. The van der Waals surface area contributed by atoms with Crippen LogP contribution in [-0.4, -0.2) is 20.1 Å². The third-order valence-corrected chi connectivity index (χ3v) is 4.19. The maximum absolute atomic E-state index is 9.48. The maximum Gasteiger partial charge on any atom is 0.163 e. The Morgan fingerprint density at radius 3 is 2.48 bits per heavy atom. The first kappa shape index (κ1) is 15.2. The molecule has 2 aromatic heterocycles. The van der Waals surface area contributed by atoms with Gasteiger partial charge in [0.2, 0.25) is 0 Å². The van der Waals surface area contributed by atoms with Gasteiger partial charge in [0.25, 0.3) is 0 Å².